The second-order valence-electron chi connectivity index (χ2n) is 5.06. The Bertz CT molecular complexity index is 671. The van der Waals surface area contributed by atoms with Crippen molar-refractivity contribution in [3.63, 3.8) is 0 Å². The summed E-state index contributed by atoms with van der Waals surface area (Å²) in [6, 6.07) is 6.89. The SMILES string of the molecule is CC(=O)NCCOc1cccc(NC2=CC(=O)N(CCO)C2=O)c1. The van der Waals surface area contributed by atoms with Crippen molar-refractivity contribution < 1.29 is 24.2 Å². The molecule has 0 spiro atoms. The molecule has 0 aliphatic carbocycles. The molecule has 24 heavy (non-hydrogen) atoms. The van der Waals surface area contributed by atoms with Gasteiger partial charge in [-0.1, -0.05) is 6.07 Å². The van der Waals surface area contributed by atoms with Gasteiger partial charge in [-0.3, -0.25) is 19.3 Å². The first-order valence-corrected chi connectivity index (χ1v) is 7.44. The summed E-state index contributed by atoms with van der Waals surface area (Å²) < 4.78 is 5.50. The maximum atomic E-state index is 12.1. The molecular formula is C16H19N3O5. The Labute approximate surface area is 139 Å². The van der Waals surface area contributed by atoms with Crippen LogP contribution >= 0.6 is 0 Å². The van der Waals surface area contributed by atoms with E-state index in [0.717, 1.165) is 4.90 Å². The second kappa shape index (κ2) is 8.11. The minimum absolute atomic E-state index is 0.0361. The first kappa shape index (κ1) is 17.5. The number of amides is 3. The number of ether oxygens (including phenoxy) is 1. The second-order valence-corrected chi connectivity index (χ2v) is 5.06. The smallest absolute Gasteiger partial charge is 0.277 e. The van der Waals surface area contributed by atoms with Gasteiger partial charge in [-0.2, -0.15) is 0 Å². The molecule has 1 aromatic rings. The molecule has 2 rings (SSSR count). The number of nitrogens with zero attached hydrogens (tertiary/aromatic N) is 1. The third kappa shape index (κ3) is 4.56. The number of imide groups is 1. The van der Waals surface area contributed by atoms with E-state index in [9.17, 15) is 14.4 Å². The number of β-amino-alcohol motifs (C(OH)–C–C–N with tert-alkyl or cyclic N) is 1. The number of hydrogen-bond donors (Lipinski definition) is 3. The fraction of sp³-hybridized carbons (Fsp3) is 0.312. The van der Waals surface area contributed by atoms with Crippen LogP contribution in [0.3, 0.4) is 0 Å². The molecule has 8 heteroatoms. The van der Waals surface area contributed by atoms with Crippen molar-refractivity contribution >= 4 is 23.4 Å². The van der Waals surface area contributed by atoms with Gasteiger partial charge >= 0.3 is 0 Å². The van der Waals surface area contributed by atoms with Gasteiger partial charge in [0.05, 0.1) is 19.7 Å². The highest BCUT2D eigenvalue weighted by molar-refractivity contribution is 6.17. The van der Waals surface area contributed by atoms with E-state index in [1.165, 1.54) is 13.0 Å². The molecule has 3 N–H and O–H groups in total. The van der Waals surface area contributed by atoms with E-state index < -0.39 is 11.8 Å². The zero-order valence-corrected chi connectivity index (χ0v) is 13.2. The van der Waals surface area contributed by atoms with Crippen molar-refractivity contribution in [1.29, 1.82) is 0 Å². The van der Waals surface area contributed by atoms with Crippen LogP contribution in [0.4, 0.5) is 5.69 Å². The molecule has 0 bridgehead atoms. The fourth-order valence-corrected chi connectivity index (χ4v) is 2.12. The molecule has 3 amide bonds. The highest BCUT2D eigenvalue weighted by Crippen LogP contribution is 2.21. The van der Waals surface area contributed by atoms with Gasteiger partial charge in [0.2, 0.25) is 5.91 Å². The van der Waals surface area contributed by atoms with Crippen LogP contribution < -0.4 is 15.4 Å². The van der Waals surface area contributed by atoms with E-state index in [1.54, 1.807) is 24.3 Å². The van der Waals surface area contributed by atoms with E-state index in [4.69, 9.17) is 9.84 Å². The highest BCUT2D eigenvalue weighted by Gasteiger charge is 2.30. The lowest BCUT2D eigenvalue weighted by molar-refractivity contribution is -0.137. The number of benzene rings is 1. The summed E-state index contributed by atoms with van der Waals surface area (Å²) in [7, 11) is 0. The van der Waals surface area contributed by atoms with Crippen LogP contribution in [-0.4, -0.2) is 54.0 Å². The van der Waals surface area contributed by atoms with E-state index in [2.05, 4.69) is 10.6 Å². The molecule has 1 aromatic carbocycles. The fourth-order valence-electron chi connectivity index (χ4n) is 2.12. The predicted octanol–water partition coefficient (Wildman–Crippen LogP) is -0.142. The van der Waals surface area contributed by atoms with Crippen LogP contribution in [0.15, 0.2) is 36.0 Å². The largest absolute Gasteiger partial charge is 0.492 e. The van der Waals surface area contributed by atoms with E-state index in [-0.39, 0.29) is 24.8 Å². The Morgan fingerprint density at radius 1 is 1.33 bits per heavy atom. The molecule has 0 atom stereocenters. The molecule has 0 saturated heterocycles. The maximum Gasteiger partial charge on any atom is 0.277 e. The first-order valence-electron chi connectivity index (χ1n) is 7.44. The lowest BCUT2D eigenvalue weighted by atomic mass is 10.3. The van der Waals surface area contributed by atoms with Gasteiger partial charge in [0.15, 0.2) is 0 Å². The lowest BCUT2D eigenvalue weighted by Gasteiger charge is -2.14. The predicted molar refractivity (Wildman–Crippen MR) is 86.1 cm³/mol. The van der Waals surface area contributed by atoms with Gasteiger partial charge in [0, 0.05) is 24.8 Å². The Balaban J connectivity index is 1.95. The van der Waals surface area contributed by atoms with Crippen LogP contribution in [0.25, 0.3) is 0 Å². The molecule has 1 heterocycles. The number of aliphatic hydroxyl groups excluding tert-OH is 1. The zero-order valence-electron chi connectivity index (χ0n) is 13.2. The van der Waals surface area contributed by atoms with Gasteiger partial charge in [-0.05, 0) is 12.1 Å². The van der Waals surface area contributed by atoms with Crippen LogP contribution in [-0.2, 0) is 14.4 Å². The van der Waals surface area contributed by atoms with Crippen LogP contribution in [0.5, 0.6) is 5.75 Å². The van der Waals surface area contributed by atoms with Crippen LogP contribution in [0.2, 0.25) is 0 Å². The molecule has 0 radical (unpaired) electrons. The summed E-state index contributed by atoms with van der Waals surface area (Å²) >= 11 is 0. The summed E-state index contributed by atoms with van der Waals surface area (Å²) in [6.07, 6.45) is 1.20. The third-order valence-corrected chi connectivity index (χ3v) is 3.19. The van der Waals surface area contributed by atoms with Crippen LogP contribution in [0.1, 0.15) is 6.92 Å². The first-order chi connectivity index (χ1) is 11.5. The number of hydrogen-bond acceptors (Lipinski definition) is 6. The molecule has 1 aliphatic heterocycles. The Morgan fingerprint density at radius 3 is 2.83 bits per heavy atom. The Kier molecular flexibility index (Phi) is 5.91. The average molecular weight is 333 g/mol. The molecule has 0 aromatic heterocycles. The summed E-state index contributed by atoms with van der Waals surface area (Å²) in [4.78, 5) is 35.5. The van der Waals surface area contributed by atoms with Gasteiger partial charge < -0.3 is 20.5 Å². The van der Waals surface area contributed by atoms with Gasteiger partial charge in [-0.15, -0.1) is 0 Å². The van der Waals surface area contributed by atoms with Crippen molar-refractivity contribution in [2.24, 2.45) is 0 Å². The minimum atomic E-state index is -0.481. The molecule has 0 saturated carbocycles. The summed E-state index contributed by atoms with van der Waals surface area (Å²) in [5.74, 6) is -0.502. The number of nitrogens with one attached hydrogen (secondary N) is 2. The molecule has 0 unspecified atom stereocenters. The van der Waals surface area contributed by atoms with E-state index in [0.29, 0.717) is 24.6 Å². The Hall–Kier alpha value is -2.87. The quantitative estimate of drug-likeness (QED) is 0.451. The maximum absolute atomic E-state index is 12.1. The third-order valence-electron chi connectivity index (χ3n) is 3.19. The van der Waals surface area contributed by atoms with Crippen molar-refractivity contribution in [2.45, 2.75) is 6.92 Å². The number of rotatable bonds is 8. The number of carbonyl (C=O) groups is 3. The highest BCUT2D eigenvalue weighted by atomic mass is 16.5. The summed E-state index contributed by atoms with van der Waals surface area (Å²) in [5.41, 5.74) is 0.731. The normalized spacial score (nSPS) is 13.8. The van der Waals surface area contributed by atoms with Crippen molar-refractivity contribution in [1.82, 2.24) is 10.2 Å². The topological polar surface area (TPSA) is 108 Å². The van der Waals surface area contributed by atoms with E-state index in [1.807, 2.05) is 0 Å². The molecule has 8 nitrogen and oxygen atoms in total. The number of aliphatic hydroxyl groups is 1. The van der Waals surface area contributed by atoms with Crippen molar-refractivity contribution in [2.75, 3.05) is 31.6 Å². The van der Waals surface area contributed by atoms with Gasteiger partial charge in [0.25, 0.3) is 11.8 Å². The van der Waals surface area contributed by atoms with Crippen molar-refractivity contribution in [3.8, 4) is 5.75 Å². The number of anilines is 1. The number of carbonyl (C=O) groups excluding carboxylic acids is 3. The standard InChI is InChI=1S/C16H19N3O5/c1-11(21)17-5-8-24-13-4-2-3-12(9-13)18-14-10-15(22)19(6-7-20)16(14)23/h2-4,9-10,18,20H,5-8H2,1H3,(H,17,21). The molecule has 1 aliphatic rings. The Morgan fingerprint density at radius 2 is 2.12 bits per heavy atom. The molecule has 0 fully saturated rings. The molecular weight excluding hydrogens is 314 g/mol. The lowest BCUT2D eigenvalue weighted by Crippen LogP contribution is -2.34. The van der Waals surface area contributed by atoms with E-state index >= 15 is 0 Å². The van der Waals surface area contributed by atoms with Gasteiger partial charge in [0.1, 0.15) is 18.1 Å². The van der Waals surface area contributed by atoms with Gasteiger partial charge in [-0.25, -0.2) is 0 Å². The molecule has 128 valence electrons. The zero-order chi connectivity index (χ0) is 17.5. The summed E-state index contributed by atoms with van der Waals surface area (Å²) in [5, 5.41) is 14.4. The average Bonchev–Trinajstić information content (AvgIpc) is 2.80. The minimum Gasteiger partial charge on any atom is -0.492 e. The summed E-state index contributed by atoms with van der Waals surface area (Å²) in [6.45, 7) is 1.81. The monoisotopic (exact) mass is 333 g/mol. The van der Waals surface area contributed by atoms with Crippen molar-refractivity contribution in [3.05, 3.63) is 36.0 Å². The van der Waals surface area contributed by atoms with Crippen LogP contribution in [0, 0.1) is 0 Å².